The number of fused-ring (bicyclic) bond motifs is 3. The van der Waals surface area contributed by atoms with E-state index in [1.165, 1.54) is 6.92 Å². The zero-order valence-corrected chi connectivity index (χ0v) is 19.5. The second kappa shape index (κ2) is 7.30. The van der Waals surface area contributed by atoms with Crippen molar-refractivity contribution in [3.63, 3.8) is 0 Å². The molecule has 2 heterocycles. The Labute approximate surface area is 194 Å². The molecule has 5 fully saturated rings. The summed E-state index contributed by atoms with van der Waals surface area (Å²) in [5.74, 6) is 1.16. The van der Waals surface area contributed by atoms with E-state index in [-0.39, 0.29) is 40.6 Å². The van der Waals surface area contributed by atoms with E-state index >= 15 is 0 Å². The molecule has 7 nitrogen and oxygen atoms in total. The number of hydrogen-bond acceptors (Lipinski definition) is 7. The molecule has 0 bridgehead atoms. The summed E-state index contributed by atoms with van der Waals surface area (Å²) in [5.41, 5.74) is 0.939. The summed E-state index contributed by atoms with van der Waals surface area (Å²) < 4.78 is 23.0. The lowest BCUT2D eigenvalue weighted by Crippen LogP contribution is -2.60. The highest BCUT2D eigenvalue weighted by atomic mass is 16.6. The van der Waals surface area contributed by atoms with Crippen LogP contribution in [-0.2, 0) is 33.3 Å². The number of hydrogen-bond donors (Lipinski definition) is 0. The van der Waals surface area contributed by atoms with Crippen LogP contribution >= 0.6 is 0 Å². The van der Waals surface area contributed by atoms with E-state index in [1.807, 2.05) is 0 Å². The predicted molar refractivity (Wildman–Crippen MR) is 116 cm³/mol. The van der Waals surface area contributed by atoms with Gasteiger partial charge in [-0.05, 0) is 80.6 Å². The summed E-state index contributed by atoms with van der Waals surface area (Å²) in [7, 11) is 0. The normalized spacial score (nSPS) is 49.5. The van der Waals surface area contributed by atoms with Crippen LogP contribution < -0.4 is 0 Å². The maximum absolute atomic E-state index is 11.8. The van der Waals surface area contributed by atoms with Crippen LogP contribution in [0.5, 0.6) is 0 Å². The lowest BCUT2D eigenvalue weighted by atomic mass is 9.43. The van der Waals surface area contributed by atoms with Crippen LogP contribution in [0.1, 0.15) is 65.2 Å². The number of carbonyl (C=O) groups excluding carboxylic acids is 3. The third kappa shape index (κ3) is 2.87. The molecule has 180 valence electrons. The van der Waals surface area contributed by atoms with Gasteiger partial charge in [-0.1, -0.05) is 6.92 Å². The van der Waals surface area contributed by atoms with E-state index in [2.05, 4.69) is 6.92 Å². The van der Waals surface area contributed by atoms with Gasteiger partial charge in [0.05, 0.1) is 12.7 Å². The van der Waals surface area contributed by atoms with Crippen molar-refractivity contribution in [3.05, 3.63) is 11.6 Å². The lowest BCUT2D eigenvalue weighted by Gasteiger charge is -2.61. The molecule has 0 aromatic heterocycles. The zero-order chi connectivity index (χ0) is 23.0. The molecule has 0 radical (unpaired) electrons. The molecule has 33 heavy (non-hydrogen) atoms. The number of carbonyl (C=O) groups is 3. The largest absolute Gasteiger partial charge is 0.467 e. The zero-order valence-electron chi connectivity index (χ0n) is 19.5. The Morgan fingerprint density at radius 3 is 2.76 bits per heavy atom. The van der Waals surface area contributed by atoms with Crippen molar-refractivity contribution in [2.75, 3.05) is 13.2 Å². The van der Waals surface area contributed by atoms with Crippen molar-refractivity contribution in [3.8, 4) is 0 Å². The number of epoxide rings is 1. The molecule has 4 saturated carbocycles. The van der Waals surface area contributed by atoms with Crippen LogP contribution in [0.4, 0.5) is 0 Å². The minimum Gasteiger partial charge on any atom is -0.467 e. The third-order valence-electron chi connectivity index (χ3n) is 10.6. The quantitative estimate of drug-likeness (QED) is 0.270. The predicted octanol–water partition coefficient (Wildman–Crippen LogP) is 3.34. The summed E-state index contributed by atoms with van der Waals surface area (Å²) in [6, 6.07) is 0. The standard InChI is InChI=1S/C26H34O7/c1-15(28)32-18-5-8-25(13-30-14-27)17(10-18)3-4-20-19(25)6-7-24(2)21(11-22-26(20,24)33-22)16-9-23(29)31-12-16/h9,14,17-22H,3-8,10-13H2,1-2H3/t17-,18-,19-,20+,21+,22+,24+,25+,26+/m0/s1. The van der Waals surface area contributed by atoms with Gasteiger partial charge in [-0.25, -0.2) is 4.79 Å². The molecule has 0 aromatic carbocycles. The molecule has 0 N–H and O–H groups in total. The lowest BCUT2D eigenvalue weighted by molar-refractivity contribution is -0.181. The van der Waals surface area contributed by atoms with Crippen molar-refractivity contribution in [2.45, 2.75) is 83.0 Å². The van der Waals surface area contributed by atoms with Crippen molar-refractivity contribution in [2.24, 2.45) is 34.5 Å². The Balaban J connectivity index is 1.31. The number of esters is 2. The first-order chi connectivity index (χ1) is 15.8. The molecular formula is C26H34O7. The van der Waals surface area contributed by atoms with Gasteiger partial charge in [0, 0.05) is 23.8 Å². The molecule has 0 aromatic rings. The summed E-state index contributed by atoms with van der Waals surface area (Å²) in [6.07, 6.45) is 9.76. The summed E-state index contributed by atoms with van der Waals surface area (Å²) in [6.45, 7) is 5.32. The van der Waals surface area contributed by atoms with Crippen LogP contribution in [0, 0.1) is 34.5 Å². The molecule has 1 saturated heterocycles. The van der Waals surface area contributed by atoms with Gasteiger partial charge in [-0.2, -0.15) is 0 Å². The van der Waals surface area contributed by atoms with Gasteiger partial charge in [0.15, 0.2) is 0 Å². The Morgan fingerprint density at radius 1 is 1.18 bits per heavy atom. The maximum Gasteiger partial charge on any atom is 0.331 e. The van der Waals surface area contributed by atoms with Crippen molar-refractivity contribution >= 4 is 18.4 Å². The Kier molecular flexibility index (Phi) is 4.79. The highest BCUT2D eigenvalue weighted by Crippen LogP contribution is 2.77. The second-order valence-corrected chi connectivity index (χ2v) is 11.6. The topological polar surface area (TPSA) is 91.4 Å². The van der Waals surface area contributed by atoms with Gasteiger partial charge in [-0.15, -0.1) is 0 Å². The van der Waals surface area contributed by atoms with E-state index < -0.39 is 0 Å². The van der Waals surface area contributed by atoms with Crippen LogP contribution in [-0.4, -0.2) is 49.4 Å². The van der Waals surface area contributed by atoms with Crippen LogP contribution in [0.15, 0.2) is 11.6 Å². The van der Waals surface area contributed by atoms with Crippen LogP contribution in [0.2, 0.25) is 0 Å². The Morgan fingerprint density at radius 2 is 2.03 bits per heavy atom. The fourth-order valence-corrected chi connectivity index (χ4v) is 9.41. The molecule has 7 heteroatoms. The van der Waals surface area contributed by atoms with E-state index in [0.29, 0.717) is 43.4 Å². The molecule has 9 atom stereocenters. The maximum atomic E-state index is 11.8. The van der Waals surface area contributed by atoms with Gasteiger partial charge >= 0.3 is 11.9 Å². The minimum absolute atomic E-state index is 0.00708. The first-order valence-corrected chi connectivity index (χ1v) is 12.6. The summed E-state index contributed by atoms with van der Waals surface area (Å²) in [5, 5.41) is 0. The van der Waals surface area contributed by atoms with Crippen LogP contribution in [0.25, 0.3) is 0 Å². The van der Waals surface area contributed by atoms with Gasteiger partial charge in [0.1, 0.15) is 18.3 Å². The SMILES string of the molecule is CC(=O)O[C@H]1CC[C@@]2(COC=O)[C@@H](CC[C@@H]3[C@@H]2CC[C@]2(C)[C@@H](C4=CC(=O)OC4)C[C@H]4O[C@]342)C1. The van der Waals surface area contributed by atoms with Gasteiger partial charge < -0.3 is 18.9 Å². The smallest absolute Gasteiger partial charge is 0.331 e. The van der Waals surface area contributed by atoms with Gasteiger partial charge in [-0.3, -0.25) is 9.59 Å². The van der Waals surface area contributed by atoms with Crippen molar-refractivity contribution < 1.29 is 33.3 Å². The molecule has 0 amide bonds. The number of cyclic esters (lactones) is 1. The highest BCUT2D eigenvalue weighted by Gasteiger charge is 2.81. The minimum atomic E-state index is -0.215. The van der Waals surface area contributed by atoms with E-state index in [9.17, 15) is 14.4 Å². The molecule has 2 aliphatic heterocycles. The fourth-order valence-electron chi connectivity index (χ4n) is 9.41. The van der Waals surface area contributed by atoms with Crippen molar-refractivity contribution in [1.29, 1.82) is 0 Å². The number of ether oxygens (including phenoxy) is 4. The average Bonchev–Trinajstić information content (AvgIpc) is 3.24. The third-order valence-corrected chi connectivity index (χ3v) is 10.6. The number of rotatable bonds is 5. The average molecular weight is 459 g/mol. The Bertz CT molecular complexity index is 912. The molecule has 4 aliphatic carbocycles. The summed E-state index contributed by atoms with van der Waals surface area (Å²) in [4.78, 5) is 34.6. The van der Waals surface area contributed by atoms with Gasteiger partial charge in [0.2, 0.25) is 0 Å². The monoisotopic (exact) mass is 458 g/mol. The fraction of sp³-hybridized carbons (Fsp3) is 0.808. The molecule has 6 aliphatic rings. The first-order valence-electron chi connectivity index (χ1n) is 12.6. The van der Waals surface area contributed by atoms with Crippen LogP contribution in [0.3, 0.4) is 0 Å². The molecule has 0 unspecified atom stereocenters. The first kappa shape index (κ1) is 21.6. The van der Waals surface area contributed by atoms with Gasteiger partial charge in [0.25, 0.3) is 6.47 Å². The van der Waals surface area contributed by atoms with E-state index in [0.717, 1.165) is 56.9 Å². The van der Waals surface area contributed by atoms with Crippen molar-refractivity contribution in [1.82, 2.24) is 0 Å². The highest BCUT2D eigenvalue weighted by molar-refractivity contribution is 5.85. The molecule has 6 rings (SSSR count). The van der Waals surface area contributed by atoms with E-state index in [1.54, 1.807) is 6.08 Å². The molecular weight excluding hydrogens is 424 g/mol. The van der Waals surface area contributed by atoms with E-state index in [4.69, 9.17) is 18.9 Å². The summed E-state index contributed by atoms with van der Waals surface area (Å²) >= 11 is 0. The Hall–Kier alpha value is -1.89. The molecule has 1 spiro atoms. The second-order valence-electron chi connectivity index (χ2n) is 11.6.